The van der Waals surface area contributed by atoms with Crippen LogP contribution in [0.25, 0.3) is 0 Å². The Labute approximate surface area is 157 Å². The number of nitriles is 1. The molecule has 0 N–H and O–H groups in total. The zero-order valence-electron chi connectivity index (χ0n) is 15.2. The first-order chi connectivity index (χ1) is 13.1. The molecule has 0 unspecified atom stereocenters. The number of pyridine rings is 1. The van der Waals surface area contributed by atoms with Gasteiger partial charge in [-0.05, 0) is 60.9 Å². The number of benzene rings is 2. The number of hydrogen-bond donors (Lipinski definition) is 0. The zero-order chi connectivity index (χ0) is 19.2. The van der Waals surface area contributed by atoms with Gasteiger partial charge in [-0.3, -0.25) is 4.79 Å². The van der Waals surface area contributed by atoms with Gasteiger partial charge in [0.15, 0.2) is 0 Å². The number of nitrogens with zero attached hydrogens (tertiary/aromatic N) is 3. The third kappa shape index (κ3) is 4.31. The summed E-state index contributed by atoms with van der Waals surface area (Å²) in [5.41, 5.74) is 2.97. The summed E-state index contributed by atoms with van der Waals surface area (Å²) in [5.74, 6) is 0.756. The van der Waals surface area contributed by atoms with E-state index in [-0.39, 0.29) is 5.56 Å². The van der Waals surface area contributed by atoms with Gasteiger partial charge < -0.3 is 4.74 Å². The number of ether oxygens (including phenoxy) is 1. The van der Waals surface area contributed by atoms with Crippen LogP contribution in [0.4, 0.5) is 0 Å². The molecule has 0 saturated heterocycles. The van der Waals surface area contributed by atoms with Crippen LogP contribution in [0, 0.1) is 25.2 Å². The van der Waals surface area contributed by atoms with Crippen LogP contribution in [-0.4, -0.2) is 10.9 Å². The number of hydrogen-bond acceptors (Lipinski definition) is 4. The molecule has 0 amide bonds. The molecular weight excluding hydrogens is 338 g/mol. The highest BCUT2D eigenvalue weighted by molar-refractivity contribution is 5.79. The lowest BCUT2D eigenvalue weighted by Crippen LogP contribution is -2.22. The summed E-state index contributed by atoms with van der Waals surface area (Å²) in [6, 6.07) is 21.1. The molecule has 0 radical (unpaired) electrons. The molecule has 0 saturated carbocycles. The molecule has 3 rings (SSSR count). The van der Waals surface area contributed by atoms with Crippen molar-refractivity contribution in [2.75, 3.05) is 0 Å². The SMILES string of the molecule is Cc1cc(C)n(/N=C\c2ccc(OCc3ccccc3)cc2)c(=O)c1C#N. The summed E-state index contributed by atoms with van der Waals surface area (Å²) in [7, 11) is 0. The molecule has 0 aliphatic rings. The van der Waals surface area contributed by atoms with Gasteiger partial charge in [-0.15, -0.1) is 0 Å². The van der Waals surface area contributed by atoms with Crippen molar-refractivity contribution in [2.24, 2.45) is 5.10 Å². The van der Waals surface area contributed by atoms with E-state index < -0.39 is 5.56 Å². The molecule has 0 fully saturated rings. The van der Waals surface area contributed by atoms with Gasteiger partial charge in [0.1, 0.15) is 24.0 Å². The van der Waals surface area contributed by atoms with Crippen LogP contribution >= 0.6 is 0 Å². The van der Waals surface area contributed by atoms with E-state index in [0.29, 0.717) is 17.9 Å². The Morgan fingerprint density at radius 1 is 1.11 bits per heavy atom. The van der Waals surface area contributed by atoms with E-state index in [2.05, 4.69) is 5.10 Å². The Morgan fingerprint density at radius 3 is 2.48 bits per heavy atom. The standard InChI is InChI=1S/C22H19N3O2/c1-16-12-17(2)25(22(26)21(16)13-23)24-14-18-8-10-20(11-9-18)27-15-19-6-4-3-5-7-19/h3-12,14H,15H2,1-2H3/b24-14-. The first-order valence-electron chi connectivity index (χ1n) is 8.53. The molecule has 1 aromatic heterocycles. The van der Waals surface area contributed by atoms with E-state index in [9.17, 15) is 4.79 Å². The Balaban J connectivity index is 1.74. The fraction of sp³-hybridized carbons (Fsp3) is 0.136. The van der Waals surface area contributed by atoms with Crippen LogP contribution in [0.3, 0.4) is 0 Å². The molecule has 2 aromatic carbocycles. The Bertz CT molecular complexity index is 1060. The lowest BCUT2D eigenvalue weighted by molar-refractivity contribution is 0.306. The Morgan fingerprint density at radius 2 is 1.81 bits per heavy atom. The van der Waals surface area contributed by atoms with E-state index in [0.717, 1.165) is 16.9 Å². The molecule has 1 heterocycles. The summed E-state index contributed by atoms with van der Waals surface area (Å²) in [6.45, 7) is 4.03. The minimum absolute atomic E-state index is 0.113. The summed E-state index contributed by atoms with van der Waals surface area (Å²) in [6.07, 6.45) is 1.59. The summed E-state index contributed by atoms with van der Waals surface area (Å²) in [5, 5.41) is 13.4. The second-order valence-electron chi connectivity index (χ2n) is 6.16. The van der Waals surface area contributed by atoms with Gasteiger partial charge in [-0.25, -0.2) is 4.68 Å². The van der Waals surface area contributed by atoms with Crippen molar-refractivity contribution in [3.63, 3.8) is 0 Å². The topological polar surface area (TPSA) is 67.4 Å². The first kappa shape index (κ1) is 18.2. The molecule has 3 aromatic rings. The fourth-order valence-electron chi connectivity index (χ4n) is 2.68. The zero-order valence-corrected chi connectivity index (χ0v) is 15.2. The van der Waals surface area contributed by atoms with Gasteiger partial charge in [0.05, 0.1) is 6.21 Å². The summed E-state index contributed by atoms with van der Waals surface area (Å²) >= 11 is 0. The smallest absolute Gasteiger partial charge is 0.289 e. The van der Waals surface area contributed by atoms with E-state index in [1.54, 1.807) is 26.1 Å². The van der Waals surface area contributed by atoms with Gasteiger partial charge in [0.25, 0.3) is 5.56 Å². The van der Waals surface area contributed by atoms with E-state index in [1.165, 1.54) is 4.68 Å². The van der Waals surface area contributed by atoms with Gasteiger partial charge in [0.2, 0.25) is 0 Å². The van der Waals surface area contributed by atoms with Gasteiger partial charge >= 0.3 is 0 Å². The molecule has 0 bridgehead atoms. The lowest BCUT2D eigenvalue weighted by atomic mass is 10.1. The maximum atomic E-state index is 12.3. The van der Waals surface area contributed by atoms with Crippen LogP contribution in [0.15, 0.2) is 70.6 Å². The van der Waals surface area contributed by atoms with Crippen LogP contribution in [0.2, 0.25) is 0 Å². The van der Waals surface area contributed by atoms with Crippen molar-refractivity contribution in [1.82, 2.24) is 4.68 Å². The highest BCUT2D eigenvalue weighted by Gasteiger charge is 2.08. The van der Waals surface area contributed by atoms with Gasteiger partial charge in [-0.2, -0.15) is 10.4 Å². The molecule has 0 aliphatic heterocycles. The molecule has 0 atom stereocenters. The average molecular weight is 357 g/mol. The third-order valence-corrected chi connectivity index (χ3v) is 4.12. The minimum Gasteiger partial charge on any atom is -0.489 e. The molecular formula is C22H19N3O2. The largest absolute Gasteiger partial charge is 0.489 e. The fourth-order valence-corrected chi connectivity index (χ4v) is 2.68. The van der Waals surface area contributed by atoms with Crippen LogP contribution in [0.5, 0.6) is 5.75 Å². The van der Waals surface area contributed by atoms with E-state index in [1.807, 2.05) is 60.7 Å². The lowest BCUT2D eigenvalue weighted by Gasteiger charge is -2.07. The summed E-state index contributed by atoms with van der Waals surface area (Å²) in [4.78, 5) is 12.3. The second-order valence-corrected chi connectivity index (χ2v) is 6.16. The number of aryl methyl sites for hydroxylation is 2. The highest BCUT2D eigenvalue weighted by atomic mass is 16.5. The maximum absolute atomic E-state index is 12.3. The van der Waals surface area contributed by atoms with E-state index in [4.69, 9.17) is 10.00 Å². The number of aromatic nitrogens is 1. The van der Waals surface area contributed by atoms with Crippen molar-refractivity contribution in [3.05, 3.63) is 99.0 Å². The predicted molar refractivity (Wildman–Crippen MR) is 105 cm³/mol. The monoisotopic (exact) mass is 357 g/mol. The molecule has 134 valence electrons. The van der Waals surface area contributed by atoms with Crippen molar-refractivity contribution >= 4 is 6.21 Å². The predicted octanol–water partition coefficient (Wildman–Crippen LogP) is 3.80. The molecule has 27 heavy (non-hydrogen) atoms. The molecule has 5 heteroatoms. The average Bonchev–Trinajstić information content (AvgIpc) is 2.68. The van der Waals surface area contributed by atoms with Crippen LogP contribution in [0.1, 0.15) is 27.9 Å². The Kier molecular flexibility index (Phi) is 5.48. The van der Waals surface area contributed by atoms with Crippen LogP contribution in [-0.2, 0) is 6.61 Å². The van der Waals surface area contributed by atoms with Gasteiger partial charge in [-0.1, -0.05) is 30.3 Å². The maximum Gasteiger partial charge on any atom is 0.289 e. The van der Waals surface area contributed by atoms with Crippen molar-refractivity contribution in [2.45, 2.75) is 20.5 Å². The minimum atomic E-state index is -0.408. The summed E-state index contributed by atoms with van der Waals surface area (Å²) < 4.78 is 7.00. The van der Waals surface area contributed by atoms with Gasteiger partial charge in [0, 0.05) is 5.69 Å². The van der Waals surface area contributed by atoms with Crippen LogP contribution < -0.4 is 10.3 Å². The number of rotatable bonds is 5. The van der Waals surface area contributed by atoms with Crippen molar-refractivity contribution in [1.29, 1.82) is 5.26 Å². The normalized spacial score (nSPS) is 10.7. The van der Waals surface area contributed by atoms with Crippen molar-refractivity contribution in [3.8, 4) is 11.8 Å². The molecule has 0 aliphatic carbocycles. The first-order valence-corrected chi connectivity index (χ1v) is 8.53. The van der Waals surface area contributed by atoms with E-state index >= 15 is 0 Å². The van der Waals surface area contributed by atoms with Crippen molar-refractivity contribution < 1.29 is 4.74 Å². The third-order valence-electron chi connectivity index (χ3n) is 4.12. The second kappa shape index (κ2) is 8.15. The quantitative estimate of drug-likeness (QED) is 0.652. The Hall–Kier alpha value is -3.65. The molecule has 5 nitrogen and oxygen atoms in total. The molecule has 0 spiro atoms. The highest BCUT2D eigenvalue weighted by Crippen LogP contribution is 2.13.